The molecule has 176 valence electrons. The third kappa shape index (κ3) is 6.95. The number of amides is 1. The van der Waals surface area contributed by atoms with Gasteiger partial charge in [-0.05, 0) is 81.0 Å². The number of ketones is 1. The fourth-order valence-electron chi connectivity index (χ4n) is 3.97. The summed E-state index contributed by atoms with van der Waals surface area (Å²) in [6.45, 7) is 2.23. The Hall–Kier alpha value is -2.57. The van der Waals surface area contributed by atoms with Crippen LogP contribution in [0.15, 0.2) is 36.4 Å². The van der Waals surface area contributed by atoms with Gasteiger partial charge in [0.05, 0.1) is 22.1 Å². The standard InChI is InChI=1S/C25H27Cl2NO5/c1-15-13-19(33-18-7-4-16(5-8-18)25(31)32)9-10-20(15)23(29)3-2-12-28-24(30)17-6-11-21(26)22(27)14-17/h6,9-11,13-14,16,18H,2-5,7-8,12H2,1H3,(H,28,30)(H,31,32). The number of carbonyl (C=O) groups excluding carboxylic acids is 2. The Balaban J connectivity index is 1.45. The van der Waals surface area contributed by atoms with Crippen LogP contribution >= 0.6 is 23.2 Å². The highest BCUT2D eigenvalue weighted by Crippen LogP contribution is 2.29. The van der Waals surface area contributed by atoms with Gasteiger partial charge in [0.2, 0.25) is 0 Å². The monoisotopic (exact) mass is 491 g/mol. The second-order valence-electron chi connectivity index (χ2n) is 8.32. The smallest absolute Gasteiger partial charge is 0.306 e. The number of hydrogen-bond donors (Lipinski definition) is 2. The molecule has 2 aromatic carbocycles. The van der Waals surface area contributed by atoms with Crippen LogP contribution in [0.4, 0.5) is 0 Å². The molecule has 6 nitrogen and oxygen atoms in total. The average Bonchev–Trinajstić information content (AvgIpc) is 2.78. The summed E-state index contributed by atoms with van der Waals surface area (Å²) >= 11 is 11.8. The van der Waals surface area contributed by atoms with Crippen molar-refractivity contribution in [3.8, 4) is 5.75 Å². The maximum absolute atomic E-state index is 12.6. The molecule has 2 aromatic rings. The summed E-state index contributed by atoms with van der Waals surface area (Å²) in [5.41, 5.74) is 1.88. The fourth-order valence-corrected chi connectivity index (χ4v) is 4.27. The van der Waals surface area contributed by atoms with Gasteiger partial charge in [-0.1, -0.05) is 23.2 Å². The quantitative estimate of drug-likeness (QED) is 0.345. The summed E-state index contributed by atoms with van der Waals surface area (Å²) in [6, 6.07) is 10.1. The molecule has 2 N–H and O–H groups in total. The molecule has 1 saturated carbocycles. The Bertz CT molecular complexity index is 1030. The maximum atomic E-state index is 12.6. The number of ether oxygens (including phenoxy) is 1. The predicted octanol–water partition coefficient (Wildman–Crippen LogP) is 5.72. The molecule has 1 aliphatic rings. The van der Waals surface area contributed by atoms with Crippen molar-refractivity contribution in [2.24, 2.45) is 5.92 Å². The van der Waals surface area contributed by atoms with Gasteiger partial charge in [0, 0.05) is 24.1 Å². The van der Waals surface area contributed by atoms with E-state index in [0.29, 0.717) is 72.0 Å². The molecule has 1 amide bonds. The highest BCUT2D eigenvalue weighted by molar-refractivity contribution is 6.42. The van der Waals surface area contributed by atoms with Crippen LogP contribution in [0, 0.1) is 12.8 Å². The van der Waals surface area contributed by atoms with Crippen LogP contribution in [0.2, 0.25) is 10.0 Å². The summed E-state index contributed by atoms with van der Waals surface area (Å²) in [5, 5.41) is 12.6. The highest BCUT2D eigenvalue weighted by atomic mass is 35.5. The van der Waals surface area contributed by atoms with Crippen molar-refractivity contribution >= 4 is 40.9 Å². The number of Topliss-reactive ketones (excluding diaryl/α,β-unsaturated/α-hetero) is 1. The molecule has 1 aliphatic carbocycles. The Morgan fingerprint density at radius 1 is 1.03 bits per heavy atom. The van der Waals surface area contributed by atoms with E-state index < -0.39 is 5.97 Å². The number of rotatable bonds is 9. The lowest BCUT2D eigenvalue weighted by Gasteiger charge is -2.27. The second kappa shape index (κ2) is 11.5. The van der Waals surface area contributed by atoms with Crippen LogP contribution in [-0.4, -0.2) is 35.4 Å². The first-order valence-corrected chi connectivity index (χ1v) is 11.8. The van der Waals surface area contributed by atoms with Crippen molar-refractivity contribution in [2.75, 3.05) is 6.54 Å². The average molecular weight is 492 g/mol. The summed E-state index contributed by atoms with van der Waals surface area (Å²) in [4.78, 5) is 35.9. The number of hydrogen-bond acceptors (Lipinski definition) is 4. The molecule has 8 heteroatoms. The van der Waals surface area contributed by atoms with Gasteiger partial charge in [0.25, 0.3) is 5.91 Å². The maximum Gasteiger partial charge on any atom is 0.306 e. The lowest BCUT2D eigenvalue weighted by molar-refractivity contribution is -0.143. The third-order valence-electron chi connectivity index (χ3n) is 5.87. The van der Waals surface area contributed by atoms with E-state index in [1.807, 2.05) is 13.0 Å². The van der Waals surface area contributed by atoms with Gasteiger partial charge in [0.1, 0.15) is 5.75 Å². The predicted molar refractivity (Wildman–Crippen MR) is 128 cm³/mol. The van der Waals surface area contributed by atoms with Gasteiger partial charge < -0.3 is 15.2 Å². The van der Waals surface area contributed by atoms with Gasteiger partial charge in [-0.3, -0.25) is 14.4 Å². The van der Waals surface area contributed by atoms with Gasteiger partial charge in [0.15, 0.2) is 5.78 Å². The van der Waals surface area contributed by atoms with Crippen LogP contribution in [0.1, 0.15) is 64.8 Å². The lowest BCUT2D eigenvalue weighted by Crippen LogP contribution is -2.27. The van der Waals surface area contributed by atoms with Crippen LogP contribution in [0.25, 0.3) is 0 Å². The molecule has 0 aromatic heterocycles. The zero-order chi connectivity index (χ0) is 24.0. The molecule has 1 fully saturated rings. The normalized spacial score (nSPS) is 17.9. The molecule has 0 aliphatic heterocycles. The minimum atomic E-state index is -0.735. The van der Waals surface area contributed by atoms with Gasteiger partial charge in [-0.25, -0.2) is 0 Å². The van der Waals surface area contributed by atoms with Crippen molar-refractivity contribution in [3.05, 3.63) is 63.1 Å². The zero-order valence-electron chi connectivity index (χ0n) is 18.4. The Kier molecular flexibility index (Phi) is 8.75. The van der Waals surface area contributed by atoms with Crippen molar-refractivity contribution in [1.82, 2.24) is 5.32 Å². The molecule has 0 atom stereocenters. The van der Waals surface area contributed by atoms with E-state index in [4.69, 9.17) is 33.0 Å². The van der Waals surface area contributed by atoms with E-state index in [1.165, 1.54) is 6.07 Å². The molecule has 3 rings (SSSR count). The van der Waals surface area contributed by atoms with E-state index in [1.54, 1.807) is 24.3 Å². The molecule has 0 bridgehead atoms. The van der Waals surface area contributed by atoms with Gasteiger partial charge >= 0.3 is 5.97 Å². The third-order valence-corrected chi connectivity index (χ3v) is 6.61. The lowest BCUT2D eigenvalue weighted by atomic mass is 9.87. The van der Waals surface area contributed by atoms with Crippen LogP contribution in [0.3, 0.4) is 0 Å². The molecule has 0 saturated heterocycles. The number of benzene rings is 2. The van der Waals surface area contributed by atoms with E-state index >= 15 is 0 Å². The number of carbonyl (C=O) groups is 3. The van der Waals surface area contributed by atoms with E-state index in [9.17, 15) is 14.4 Å². The topological polar surface area (TPSA) is 92.7 Å². The first-order chi connectivity index (χ1) is 15.7. The minimum Gasteiger partial charge on any atom is -0.490 e. The number of nitrogens with one attached hydrogen (secondary N) is 1. The van der Waals surface area contributed by atoms with Crippen molar-refractivity contribution < 1.29 is 24.2 Å². The van der Waals surface area contributed by atoms with Crippen LogP contribution in [-0.2, 0) is 4.79 Å². The molecule has 0 spiro atoms. The summed E-state index contributed by atoms with van der Waals surface area (Å²) in [6.07, 6.45) is 3.49. The van der Waals surface area contributed by atoms with Crippen molar-refractivity contribution in [2.45, 2.75) is 51.6 Å². The van der Waals surface area contributed by atoms with Crippen LogP contribution in [0.5, 0.6) is 5.75 Å². The Labute approximate surface area is 203 Å². The Morgan fingerprint density at radius 3 is 2.39 bits per heavy atom. The van der Waals surface area contributed by atoms with E-state index in [-0.39, 0.29) is 23.7 Å². The molecule has 0 unspecified atom stereocenters. The number of carboxylic acids is 1. The molecule has 0 heterocycles. The van der Waals surface area contributed by atoms with Crippen LogP contribution < -0.4 is 10.1 Å². The highest BCUT2D eigenvalue weighted by Gasteiger charge is 2.27. The number of aryl methyl sites for hydroxylation is 1. The first kappa shape index (κ1) is 25.1. The Morgan fingerprint density at radius 2 is 1.76 bits per heavy atom. The van der Waals surface area contributed by atoms with Crippen molar-refractivity contribution in [1.29, 1.82) is 0 Å². The minimum absolute atomic E-state index is 0.000634. The second-order valence-corrected chi connectivity index (χ2v) is 9.13. The zero-order valence-corrected chi connectivity index (χ0v) is 19.9. The molecular formula is C25H27Cl2NO5. The number of aliphatic carboxylic acids is 1. The van der Waals surface area contributed by atoms with E-state index in [0.717, 1.165) is 5.56 Å². The summed E-state index contributed by atoms with van der Waals surface area (Å²) in [5.74, 6) is -0.584. The fraction of sp³-hybridized carbons (Fsp3) is 0.400. The number of halogens is 2. The molecule has 33 heavy (non-hydrogen) atoms. The molecular weight excluding hydrogens is 465 g/mol. The summed E-state index contributed by atoms with van der Waals surface area (Å²) < 4.78 is 6.01. The number of carboxylic acid groups (broad SMARTS) is 1. The summed E-state index contributed by atoms with van der Waals surface area (Å²) in [7, 11) is 0. The van der Waals surface area contributed by atoms with Crippen molar-refractivity contribution in [3.63, 3.8) is 0 Å². The largest absolute Gasteiger partial charge is 0.490 e. The molecule has 0 radical (unpaired) electrons. The van der Waals surface area contributed by atoms with E-state index in [2.05, 4.69) is 5.32 Å². The van der Waals surface area contributed by atoms with Gasteiger partial charge in [-0.15, -0.1) is 0 Å². The van der Waals surface area contributed by atoms with Gasteiger partial charge in [-0.2, -0.15) is 0 Å². The first-order valence-electron chi connectivity index (χ1n) is 11.0. The SMILES string of the molecule is Cc1cc(OC2CCC(C(=O)O)CC2)ccc1C(=O)CCCNC(=O)c1ccc(Cl)c(Cl)c1.